The van der Waals surface area contributed by atoms with Gasteiger partial charge in [0.05, 0.1) is 30.8 Å². The summed E-state index contributed by atoms with van der Waals surface area (Å²) in [5.74, 6) is 0.646. The van der Waals surface area contributed by atoms with Crippen LogP contribution in [0, 0.1) is 0 Å². The molecule has 114 valence electrons. The van der Waals surface area contributed by atoms with E-state index in [0.29, 0.717) is 20.7 Å². The molecule has 0 fully saturated rings. The fourth-order valence-electron chi connectivity index (χ4n) is 1.76. The molecule has 0 aliphatic carbocycles. The Hall–Kier alpha value is 0.1000. The van der Waals surface area contributed by atoms with E-state index >= 15 is 0 Å². The molecule has 0 atom stereocenters. The van der Waals surface area contributed by atoms with E-state index in [0.717, 1.165) is 11.4 Å². The summed E-state index contributed by atoms with van der Waals surface area (Å²) in [4.78, 5) is 0.618. The average molecular weight is 405 g/mol. The lowest BCUT2D eigenvalue weighted by Crippen LogP contribution is -2.29. The quantitative estimate of drug-likeness (QED) is 0.335. The highest BCUT2D eigenvalue weighted by atomic mass is 35.5. The molecule has 1 aromatic carbocycles. The zero-order valence-electron chi connectivity index (χ0n) is 11.2. The molecule has 1 aromatic rings. The molecule has 0 N–H and O–H groups in total. The van der Waals surface area contributed by atoms with Gasteiger partial charge < -0.3 is 0 Å². The van der Waals surface area contributed by atoms with Crippen molar-refractivity contribution in [3.8, 4) is 0 Å². The third kappa shape index (κ3) is 3.24. The second kappa shape index (κ2) is 6.69. The molecule has 0 amide bonds. The van der Waals surface area contributed by atoms with Crippen LogP contribution in [0.1, 0.15) is 0 Å². The van der Waals surface area contributed by atoms with Crippen molar-refractivity contribution in [1.29, 1.82) is 0 Å². The Kier molecular flexibility index (Phi) is 5.56. The van der Waals surface area contributed by atoms with Gasteiger partial charge in [-0.05, 0) is 6.08 Å². The standard InChI is InChI=1S/C13H11Cl5N2S/c1-6-4-7(20(3)19(6)2)5-21-13-11(17)9(15)8(14)10(16)12(13)18/h4H,1,5H2,2-3H3. The molecule has 8 heteroatoms. The monoisotopic (exact) mass is 402 g/mol. The minimum Gasteiger partial charge on any atom is -0.292 e. The Morgan fingerprint density at radius 3 is 1.81 bits per heavy atom. The molecule has 2 nitrogen and oxygen atoms in total. The highest BCUT2D eigenvalue weighted by molar-refractivity contribution is 7.99. The van der Waals surface area contributed by atoms with Crippen LogP contribution >= 0.6 is 69.8 Å². The number of rotatable bonds is 3. The molecular formula is C13H11Cl5N2S. The number of likely N-dealkylation sites (N-methyl/N-ethyl adjacent to an activating group) is 1. The molecule has 1 aliphatic heterocycles. The zero-order chi connectivity index (χ0) is 15.9. The van der Waals surface area contributed by atoms with Gasteiger partial charge in [0.1, 0.15) is 0 Å². The number of hydrogen-bond donors (Lipinski definition) is 0. The summed E-state index contributed by atoms with van der Waals surface area (Å²) >= 11 is 32.0. The number of nitrogens with zero attached hydrogens (tertiary/aromatic N) is 2. The lowest BCUT2D eigenvalue weighted by Gasteiger charge is -2.26. The minimum absolute atomic E-state index is 0.169. The highest BCUT2D eigenvalue weighted by Gasteiger charge is 2.23. The second-order valence-corrected chi connectivity index (χ2v) is 7.24. The molecule has 1 heterocycles. The van der Waals surface area contributed by atoms with E-state index in [1.807, 2.05) is 30.2 Å². The fourth-order valence-corrected chi connectivity index (χ4v) is 4.35. The Labute approximate surface area is 153 Å². The molecular weight excluding hydrogens is 393 g/mol. The van der Waals surface area contributed by atoms with Crippen molar-refractivity contribution in [3.05, 3.63) is 49.2 Å². The van der Waals surface area contributed by atoms with Gasteiger partial charge in [0.2, 0.25) is 0 Å². The van der Waals surface area contributed by atoms with E-state index in [-0.39, 0.29) is 15.1 Å². The van der Waals surface area contributed by atoms with E-state index in [1.54, 1.807) is 0 Å². The molecule has 0 saturated carbocycles. The SMILES string of the molecule is C=C1C=C(CSc2c(Cl)c(Cl)c(Cl)c(Cl)c2Cl)N(C)N1C. The highest BCUT2D eigenvalue weighted by Crippen LogP contribution is 2.48. The van der Waals surface area contributed by atoms with Gasteiger partial charge in [-0.2, -0.15) is 0 Å². The number of hydrazine groups is 1. The normalized spacial score (nSPS) is 15.0. The lowest BCUT2D eigenvalue weighted by atomic mass is 10.3. The largest absolute Gasteiger partial charge is 0.292 e. The van der Waals surface area contributed by atoms with Crippen molar-refractivity contribution in [2.24, 2.45) is 0 Å². The van der Waals surface area contributed by atoms with Crippen molar-refractivity contribution in [3.63, 3.8) is 0 Å². The molecule has 0 spiro atoms. The Morgan fingerprint density at radius 2 is 1.38 bits per heavy atom. The molecule has 2 rings (SSSR count). The third-order valence-corrected chi connectivity index (χ3v) is 6.79. The summed E-state index contributed by atoms with van der Waals surface area (Å²) in [5.41, 5.74) is 1.99. The van der Waals surface area contributed by atoms with E-state index in [2.05, 4.69) is 6.58 Å². The predicted molar refractivity (Wildman–Crippen MR) is 95.0 cm³/mol. The lowest BCUT2D eigenvalue weighted by molar-refractivity contribution is 0.135. The summed E-state index contributed by atoms with van der Waals surface area (Å²) in [7, 11) is 3.89. The average Bonchev–Trinajstić information content (AvgIpc) is 2.70. The van der Waals surface area contributed by atoms with Crippen LogP contribution in [0.2, 0.25) is 25.1 Å². The summed E-state index contributed by atoms with van der Waals surface area (Å²) in [5, 5.41) is 5.17. The van der Waals surface area contributed by atoms with E-state index in [1.165, 1.54) is 11.8 Å². The van der Waals surface area contributed by atoms with E-state index in [4.69, 9.17) is 58.0 Å². The fraction of sp³-hybridized carbons (Fsp3) is 0.231. The Bertz CT molecular complexity index is 615. The van der Waals surface area contributed by atoms with Gasteiger partial charge in [0.25, 0.3) is 0 Å². The number of allylic oxidation sites excluding steroid dienone is 1. The molecule has 21 heavy (non-hydrogen) atoms. The van der Waals surface area contributed by atoms with Gasteiger partial charge in [0, 0.05) is 30.4 Å². The molecule has 0 bridgehead atoms. The first-order chi connectivity index (χ1) is 9.75. The number of halogens is 5. The van der Waals surface area contributed by atoms with Gasteiger partial charge in [-0.15, -0.1) is 11.8 Å². The van der Waals surface area contributed by atoms with Crippen molar-refractivity contribution < 1.29 is 0 Å². The summed E-state index contributed by atoms with van der Waals surface area (Å²) in [6.07, 6.45) is 1.99. The van der Waals surface area contributed by atoms with Gasteiger partial charge in [0.15, 0.2) is 0 Å². The maximum atomic E-state index is 6.21. The molecule has 1 aliphatic rings. The second-order valence-electron chi connectivity index (χ2n) is 4.36. The van der Waals surface area contributed by atoms with Crippen LogP contribution in [0.4, 0.5) is 0 Å². The van der Waals surface area contributed by atoms with Crippen LogP contribution in [0.5, 0.6) is 0 Å². The van der Waals surface area contributed by atoms with Crippen LogP contribution < -0.4 is 0 Å². The summed E-state index contributed by atoms with van der Waals surface area (Å²) in [6, 6.07) is 0. The maximum absolute atomic E-state index is 6.21. The van der Waals surface area contributed by atoms with Gasteiger partial charge >= 0.3 is 0 Å². The maximum Gasteiger partial charge on any atom is 0.0809 e. The first-order valence-electron chi connectivity index (χ1n) is 5.76. The van der Waals surface area contributed by atoms with E-state index in [9.17, 15) is 0 Å². The van der Waals surface area contributed by atoms with E-state index < -0.39 is 0 Å². The van der Waals surface area contributed by atoms with Crippen molar-refractivity contribution in [2.75, 3.05) is 19.8 Å². The van der Waals surface area contributed by atoms with Crippen LogP contribution in [-0.4, -0.2) is 29.9 Å². The molecule has 0 radical (unpaired) electrons. The Balaban J connectivity index is 2.26. The van der Waals surface area contributed by atoms with Crippen molar-refractivity contribution >= 4 is 69.8 Å². The minimum atomic E-state index is 0.169. The summed E-state index contributed by atoms with van der Waals surface area (Å²) < 4.78 is 0. The van der Waals surface area contributed by atoms with Crippen LogP contribution in [0.15, 0.2) is 28.9 Å². The topological polar surface area (TPSA) is 6.48 Å². The number of benzene rings is 1. The molecule has 0 unspecified atom stereocenters. The van der Waals surface area contributed by atoms with Gasteiger partial charge in [-0.25, -0.2) is 0 Å². The smallest absolute Gasteiger partial charge is 0.0809 e. The van der Waals surface area contributed by atoms with Crippen molar-refractivity contribution in [1.82, 2.24) is 10.0 Å². The van der Waals surface area contributed by atoms with Crippen LogP contribution in [0.3, 0.4) is 0 Å². The number of hydrogen-bond acceptors (Lipinski definition) is 3. The molecule has 0 saturated heterocycles. The zero-order valence-corrected chi connectivity index (χ0v) is 15.8. The van der Waals surface area contributed by atoms with Crippen LogP contribution in [0.25, 0.3) is 0 Å². The predicted octanol–water partition coefficient (Wildman–Crippen LogP) is 6.24. The molecule has 0 aromatic heterocycles. The van der Waals surface area contributed by atoms with Gasteiger partial charge in [-0.1, -0.05) is 64.6 Å². The van der Waals surface area contributed by atoms with Crippen molar-refractivity contribution in [2.45, 2.75) is 4.90 Å². The first-order valence-corrected chi connectivity index (χ1v) is 8.64. The number of thioether (sulfide) groups is 1. The Morgan fingerprint density at radius 1 is 0.905 bits per heavy atom. The van der Waals surface area contributed by atoms with Gasteiger partial charge in [-0.3, -0.25) is 10.0 Å². The summed E-state index contributed by atoms with van der Waals surface area (Å²) in [6.45, 7) is 3.95. The first kappa shape index (κ1) is 17.5. The van der Waals surface area contributed by atoms with Crippen LogP contribution in [-0.2, 0) is 0 Å². The third-order valence-electron chi connectivity index (χ3n) is 3.15.